The van der Waals surface area contributed by atoms with Gasteiger partial charge in [0, 0.05) is 32.1 Å². The summed E-state index contributed by atoms with van der Waals surface area (Å²) in [6.45, 7) is -0.412. The van der Waals surface area contributed by atoms with E-state index in [1.54, 1.807) is 0 Å². The normalized spacial score (nSPS) is 12.5. The maximum Gasteiger partial charge on any atom is 0.417 e. The summed E-state index contributed by atoms with van der Waals surface area (Å²) in [7, 11) is 1.22. The van der Waals surface area contributed by atoms with Crippen LogP contribution < -0.4 is 22.1 Å². The predicted molar refractivity (Wildman–Crippen MR) is 147 cm³/mol. The first-order valence-corrected chi connectivity index (χ1v) is 12.8. The van der Waals surface area contributed by atoms with Crippen LogP contribution in [0, 0.1) is 5.82 Å². The Hall–Kier alpha value is -4.44. The van der Waals surface area contributed by atoms with E-state index in [0.717, 1.165) is 28.0 Å². The molecule has 4 rings (SSSR count). The topological polar surface area (TPSA) is 111 Å². The zero-order chi connectivity index (χ0) is 32.6. The number of benzene rings is 1. The molecule has 0 radical (unpaired) electrons. The van der Waals surface area contributed by atoms with Gasteiger partial charge in [0.05, 0.1) is 44.7 Å². The summed E-state index contributed by atoms with van der Waals surface area (Å²) in [5, 5.41) is 3.61. The highest BCUT2D eigenvalue weighted by molar-refractivity contribution is 6.33. The van der Waals surface area contributed by atoms with E-state index in [4.69, 9.17) is 29.0 Å². The van der Waals surface area contributed by atoms with Gasteiger partial charge in [0.15, 0.2) is 5.82 Å². The standard InChI is InChI=1S/C26H18Cl2F7N7O2/c1-40(22-19(28)7-15(10-38-22)26(33,34)35)42-12-17(23(43)41(24(42)44)11-13-2-4-16(29)5-3-13)20(39-36)8-21-18(27)6-14(9-37-21)25(30,31)32/h2-7,9-10,12H,8,11,36H2,1H3/b39-20-. The van der Waals surface area contributed by atoms with Gasteiger partial charge in [-0.1, -0.05) is 35.3 Å². The minimum Gasteiger partial charge on any atom is -0.323 e. The first kappa shape index (κ1) is 32.5. The smallest absolute Gasteiger partial charge is 0.323 e. The van der Waals surface area contributed by atoms with Crippen molar-refractivity contribution in [2.45, 2.75) is 25.3 Å². The Morgan fingerprint density at radius 1 is 0.955 bits per heavy atom. The van der Waals surface area contributed by atoms with Crippen LogP contribution in [-0.2, 0) is 25.3 Å². The molecule has 2 N–H and O–H groups in total. The molecule has 3 heterocycles. The molecular weight excluding hydrogens is 646 g/mol. The minimum atomic E-state index is -4.76. The van der Waals surface area contributed by atoms with Gasteiger partial charge >= 0.3 is 18.0 Å². The van der Waals surface area contributed by atoms with Crippen LogP contribution in [0.1, 0.15) is 27.9 Å². The molecule has 9 nitrogen and oxygen atoms in total. The summed E-state index contributed by atoms with van der Waals surface area (Å²) in [5.41, 5.74) is -4.75. The van der Waals surface area contributed by atoms with Crippen LogP contribution in [0.3, 0.4) is 0 Å². The van der Waals surface area contributed by atoms with Crippen molar-refractivity contribution in [3.8, 4) is 0 Å². The third-order valence-electron chi connectivity index (χ3n) is 6.23. The van der Waals surface area contributed by atoms with Gasteiger partial charge in [-0.2, -0.15) is 31.4 Å². The molecule has 18 heteroatoms. The molecule has 0 spiro atoms. The molecule has 0 saturated carbocycles. The quantitative estimate of drug-likeness (QED) is 0.127. The Morgan fingerprint density at radius 3 is 2.05 bits per heavy atom. The zero-order valence-electron chi connectivity index (χ0n) is 22.1. The lowest BCUT2D eigenvalue weighted by Gasteiger charge is -2.24. The van der Waals surface area contributed by atoms with Crippen molar-refractivity contribution in [3.05, 3.63) is 120 Å². The van der Waals surface area contributed by atoms with E-state index in [-0.39, 0.29) is 22.8 Å². The van der Waals surface area contributed by atoms with Gasteiger partial charge in [-0.25, -0.2) is 18.8 Å². The van der Waals surface area contributed by atoms with Crippen LogP contribution in [-0.4, -0.2) is 32.0 Å². The van der Waals surface area contributed by atoms with Crippen LogP contribution in [0.15, 0.2) is 69.7 Å². The van der Waals surface area contributed by atoms with E-state index >= 15 is 0 Å². The second-order valence-electron chi connectivity index (χ2n) is 9.14. The number of halogens is 9. The lowest BCUT2D eigenvalue weighted by molar-refractivity contribution is -0.138. The van der Waals surface area contributed by atoms with Crippen molar-refractivity contribution in [1.82, 2.24) is 19.2 Å². The third kappa shape index (κ3) is 6.86. The number of nitrogens with zero attached hydrogens (tertiary/aromatic N) is 6. The first-order valence-electron chi connectivity index (χ1n) is 12.1. The molecule has 1 aromatic carbocycles. The number of anilines is 1. The van der Waals surface area contributed by atoms with E-state index < -0.39 is 63.6 Å². The highest BCUT2D eigenvalue weighted by Crippen LogP contribution is 2.33. The fourth-order valence-corrected chi connectivity index (χ4v) is 4.48. The molecule has 0 amide bonds. The Bertz CT molecular complexity index is 1850. The van der Waals surface area contributed by atoms with Gasteiger partial charge < -0.3 is 5.84 Å². The molecule has 0 aliphatic rings. The number of aromatic nitrogens is 4. The number of hydrazone groups is 1. The largest absolute Gasteiger partial charge is 0.417 e. The lowest BCUT2D eigenvalue weighted by atomic mass is 10.1. The monoisotopic (exact) mass is 663 g/mol. The Kier molecular flexibility index (Phi) is 9.06. The Balaban J connectivity index is 1.87. The summed E-state index contributed by atoms with van der Waals surface area (Å²) < 4.78 is 93.7. The SMILES string of the molecule is CN(c1ncc(C(F)(F)F)cc1Cl)n1cc(/C(Cc2ncc(C(F)(F)F)cc2Cl)=N\N)c(=O)n(Cc2ccc(F)cc2)c1=O. The number of pyridine rings is 2. The van der Waals surface area contributed by atoms with E-state index in [1.165, 1.54) is 19.2 Å². The van der Waals surface area contributed by atoms with Crippen molar-refractivity contribution < 1.29 is 30.7 Å². The molecule has 4 aromatic rings. The average molecular weight is 664 g/mol. The Labute approximate surface area is 252 Å². The fourth-order valence-electron chi connectivity index (χ4n) is 3.96. The number of alkyl halides is 6. The molecule has 232 valence electrons. The highest BCUT2D eigenvalue weighted by atomic mass is 35.5. The maximum absolute atomic E-state index is 13.6. The fraction of sp³-hybridized carbons (Fsp3) is 0.192. The molecule has 0 atom stereocenters. The number of nitrogens with two attached hydrogens (primary N) is 1. The van der Waals surface area contributed by atoms with Crippen LogP contribution >= 0.6 is 23.2 Å². The van der Waals surface area contributed by atoms with E-state index in [1.807, 2.05) is 0 Å². The molecule has 0 fully saturated rings. The van der Waals surface area contributed by atoms with Crippen LogP contribution in [0.2, 0.25) is 10.0 Å². The van der Waals surface area contributed by atoms with Gasteiger partial charge in [0.1, 0.15) is 5.82 Å². The molecule has 0 unspecified atom stereocenters. The van der Waals surface area contributed by atoms with E-state index in [9.17, 15) is 40.3 Å². The average Bonchev–Trinajstić information content (AvgIpc) is 2.94. The van der Waals surface area contributed by atoms with Gasteiger partial charge in [-0.15, -0.1) is 0 Å². The third-order valence-corrected chi connectivity index (χ3v) is 6.84. The molecule has 0 aliphatic carbocycles. The number of hydrogen-bond acceptors (Lipinski definition) is 7. The number of rotatable bonds is 7. The predicted octanol–water partition coefficient (Wildman–Crippen LogP) is 5.14. The van der Waals surface area contributed by atoms with Crippen molar-refractivity contribution >= 4 is 34.7 Å². The number of hydrogen-bond donors (Lipinski definition) is 1. The molecule has 44 heavy (non-hydrogen) atoms. The molecule has 3 aromatic heterocycles. The zero-order valence-corrected chi connectivity index (χ0v) is 23.6. The van der Waals surface area contributed by atoms with Gasteiger partial charge in [-0.3, -0.25) is 19.4 Å². The van der Waals surface area contributed by atoms with Crippen molar-refractivity contribution in [2.75, 3.05) is 12.1 Å². The summed E-state index contributed by atoms with van der Waals surface area (Å²) in [5.74, 6) is 4.64. The summed E-state index contributed by atoms with van der Waals surface area (Å²) >= 11 is 12.1. The molecule has 0 saturated heterocycles. The van der Waals surface area contributed by atoms with Crippen molar-refractivity contribution in [2.24, 2.45) is 10.9 Å². The van der Waals surface area contributed by atoms with Crippen LogP contribution in [0.4, 0.5) is 36.6 Å². The second-order valence-corrected chi connectivity index (χ2v) is 9.96. The van der Waals surface area contributed by atoms with Gasteiger partial charge in [0.2, 0.25) is 0 Å². The van der Waals surface area contributed by atoms with Crippen molar-refractivity contribution in [1.29, 1.82) is 0 Å². The van der Waals surface area contributed by atoms with Crippen LogP contribution in [0.25, 0.3) is 0 Å². The second kappa shape index (κ2) is 12.3. The van der Waals surface area contributed by atoms with Gasteiger partial charge in [0.25, 0.3) is 5.56 Å². The maximum atomic E-state index is 13.6. The van der Waals surface area contributed by atoms with Crippen LogP contribution in [0.5, 0.6) is 0 Å². The first-order chi connectivity index (χ1) is 20.5. The lowest BCUT2D eigenvalue weighted by Crippen LogP contribution is -2.48. The summed E-state index contributed by atoms with van der Waals surface area (Å²) in [6.07, 6.45) is -8.01. The Morgan fingerprint density at radius 2 is 1.52 bits per heavy atom. The summed E-state index contributed by atoms with van der Waals surface area (Å²) in [6, 6.07) is 6.00. The highest BCUT2D eigenvalue weighted by Gasteiger charge is 2.33. The molecular formula is C26H18Cl2F7N7O2. The van der Waals surface area contributed by atoms with Crippen molar-refractivity contribution in [3.63, 3.8) is 0 Å². The van der Waals surface area contributed by atoms with E-state index in [2.05, 4.69) is 15.1 Å². The van der Waals surface area contributed by atoms with E-state index in [0.29, 0.717) is 34.7 Å². The molecule has 0 bridgehead atoms. The van der Waals surface area contributed by atoms with Gasteiger partial charge in [-0.05, 0) is 29.8 Å². The minimum absolute atomic E-state index is 0.146. The summed E-state index contributed by atoms with van der Waals surface area (Å²) in [4.78, 5) is 34.6. The molecule has 0 aliphatic heterocycles.